The Morgan fingerprint density at radius 3 is 2.39 bits per heavy atom. The molecule has 1 aliphatic carbocycles. The number of hydrogen-bond donors (Lipinski definition) is 2. The van der Waals surface area contributed by atoms with E-state index < -0.39 is 0 Å². The maximum Gasteiger partial charge on any atom is 0.315 e. The topological polar surface area (TPSA) is 64.7 Å². The normalized spacial score (nSPS) is 17.7. The van der Waals surface area contributed by atoms with Gasteiger partial charge in [0.15, 0.2) is 0 Å². The highest BCUT2D eigenvalue weighted by atomic mass is 16.2. The summed E-state index contributed by atoms with van der Waals surface area (Å²) < 4.78 is 0. The smallest absolute Gasteiger partial charge is 0.315 e. The number of nitrogens with one attached hydrogen (secondary N) is 2. The number of amides is 3. The molecule has 2 N–H and O–H groups in total. The molecule has 2 aliphatic rings. The summed E-state index contributed by atoms with van der Waals surface area (Å²) in [5.74, 6) is 0.115. The second kappa shape index (κ2) is 7.35. The summed E-state index contributed by atoms with van der Waals surface area (Å²) in [4.78, 5) is 27.9. The Balaban J connectivity index is 1.35. The summed E-state index contributed by atoms with van der Waals surface area (Å²) in [5.41, 5.74) is 1.21. The second-order valence-electron chi connectivity index (χ2n) is 6.13. The molecule has 6 heteroatoms. The molecule has 0 radical (unpaired) electrons. The van der Waals surface area contributed by atoms with Crippen LogP contribution in [-0.2, 0) is 4.79 Å². The van der Waals surface area contributed by atoms with Crippen LogP contribution in [0.4, 0.5) is 10.5 Å². The first kappa shape index (κ1) is 15.6. The van der Waals surface area contributed by atoms with Crippen molar-refractivity contribution in [1.29, 1.82) is 0 Å². The zero-order valence-corrected chi connectivity index (χ0v) is 13.3. The molecule has 0 bridgehead atoms. The van der Waals surface area contributed by atoms with E-state index in [1.165, 1.54) is 5.69 Å². The molecule has 1 saturated heterocycles. The van der Waals surface area contributed by atoms with Crippen LogP contribution in [0.1, 0.15) is 19.3 Å². The van der Waals surface area contributed by atoms with E-state index in [1.807, 2.05) is 23.1 Å². The van der Waals surface area contributed by atoms with E-state index in [-0.39, 0.29) is 11.9 Å². The second-order valence-corrected chi connectivity index (χ2v) is 6.13. The SMILES string of the molecule is O=C(NCCC(=O)N1CCN(c2ccccc2)CC1)NC1CC1. The zero-order valence-electron chi connectivity index (χ0n) is 13.3. The van der Waals surface area contributed by atoms with Gasteiger partial charge in [0.05, 0.1) is 0 Å². The molecule has 0 aromatic heterocycles. The average Bonchev–Trinajstić information content (AvgIpc) is 3.39. The molecule has 1 aliphatic heterocycles. The summed E-state index contributed by atoms with van der Waals surface area (Å²) >= 11 is 0. The number of hydrogen-bond acceptors (Lipinski definition) is 3. The summed E-state index contributed by atoms with van der Waals surface area (Å²) in [6, 6.07) is 10.5. The van der Waals surface area contributed by atoms with Gasteiger partial charge in [0, 0.05) is 50.9 Å². The van der Waals surface area contributed by atoms with E-state index in [2.05, 4.69) is 27.7 Å². The Bertz CT molecular complexity index is 537. The van der Waals surface area contributed by atoms with Gasteiger partial charge in [-0.3, -0.25) is 4.79 Å². The number of rotatable bonds is 5. The predicted octanol–water partition coefficient (Wildman–Crippen LogP) is 1.19. The Hall–Kier alpha value is -2.24. The number of para-hydroxylation sites is 1. The molecular weight excluding hydrogens is 292 g/mol. The maximum atomic E-state index is 12.2. The van der Waals surface area contributed by atoms with Crippen molar-refractivity contribution < 1.29 is 9.59 Å². The highest BCUT2D eigenvalue weighted by Gasteiger charge is 2.24. The predicted molar refractivity (Wildman–Crippen MR) is 89.4 cm³/mol. The van der Waals surface area contributed by atoms with Gasteiger partial charge in [-0.2, -0.15) is 0 Å². The highest BCUT2D eigenvalue weighted by molar-refractivity contribution is 5.78. The number of carbonyl (C=O) groups is 2. The number of urea groups is 1. The van der Waals surface area contributed by atoms with Gasteiger partial charge >= 0.3 is 6.03 Å². The number of piperazine rings is 1. The van der Waals surface area contributed by atoms with Crippen molar-refractivity contribution >= 4 is 17.6 Å². The first-order valence-corrected chi connectivity index (χ1v) is 8.34. The molecule has 0 atom stereocenters. The Labute approximate surface area is 136 Å². The average molecular weight is 316 g/mol. The quantitative estimate of drug-likeness (QED) is 0.857. The lowest BCUT2D eigenvalue weighted by Crippen LogP contribution is -2.49. The fourth-order valence-electron chi connectivity index (χ4n) is 2.76. The molecule has 6 nitrogen and oxygen atoms in total. The maximum absolute atomic E-state index is 12.2. The first-order chi connectivity index (χ1) is 11.2. The summed E-state index contributed by atoms with van der Waals surface area (Å²) in [5, 5.41) is 5.60. The largest absolute Gasteiger partial charge is 0.368 e. The molecule has 1 aromatic rings. The van der Waals surface area contributed by atoms with E-state index in [0.717, 1.165) is 39.0 Å². The van der Waals surface area contributed by atoms with Crippen LogP contribution in [0.15, 0.2) is 30.3 Å². The van der Waals surface area contributed by atoms with Gasteiger partial charge in [0.1, 0.15) is 0 Å². The first-order valence-electron chi connectivity index (χ1n) is 8.34. The van der Waals surface area contributed by atoms with Gasteiger partial charge in [-0.15, -0.1) is 0 Å². The molecule has 2 fully saturated rings. The van der Waals surface area contributed by atoms with E-state index >= 15 is 0 Å². The van der Waals surface area contributed by atoms with Crippen molar-refractivity contribution in [3.8, 4) is 0 Å². The lowest BCUT2D eigenvalue weighted by molar-refractivity contribution is -0.131. The molecule has 1 aromatic carbocycles. The number of benzene rings is 1. The molecule has 3 amide bonds. The van der Waals surface area contributed by atoms with E-state index in [4.69, 9.17) is 0 Å². The number of carbonyl (C=O) groups excluding carboxylic acids is 2. The molecular formula is C17H24N4O2. The van der Waals surface area contributed by atoms with Gasteiger partial charge in [-0.1, -0.05) is 18.2 Å². The summed E-state index contributed by atoms with van der Waals surface area (Å²) in [6.45, 7) is 3.58. The van der Waals surface area contributed by atoms with Crippen molar-refractivity contribution in [1.82, 2.24) is 15.5 Å². The van der Waals surface area contributed by atoms with Crippen LogP contribution in [0.25, 0.3) is 0 Å². The van der Waals surface area contributed by atoms with E-state index in [1.54, 1.807) is 0 Å². The van der Waals surface area contributed by atoms with Crippen LogP contribution >= 0.6 is 0 Å². The van der Waals surface area contributed by atoms with Crippen LogP contribution in [0.2, 0.25) is 0 Å². The third-order valence-corrected chi connectivity index (χ3v) is 4.29. The van der Waals surface area contributed by atoms with Crippen LogP contribution in [0, 0.1) is 0 Å². The lowest BCUT2D eigenvalue weighted by Gasteiger charge is -2.36. The fraction of sp³-hybridized carbons (Fsp3) is 0.529. The van der Waals surface area contributed by atoms with Crippen molar-refractivity contribution in [3.63, 3.8) is 0 Å². The van der Waals surface area contributed by atoms with E-state index in [0.29, 0.717) is 19.0 Å². The van der Waals surface area contributed by atoms with Gasteiger partial charge in [0.2, 0.25) is 5.91 Å². The van der Waals surface area contributed by atoms with Crippen molar-refractivity contribution in [3.05, 3.63) is 30.3 Å². The van der Waals surface area contributed by atoms with Gasteiger partial charge in [0.25, 0.3) is 0 Å². The third-order valence-electron chi connectivity index (χ3n) is 4.29. The molecule has 23 heavy (non-hydrogen) atoms. The van der Waals surface area contributed by atoms with Crippen LogP contribution < -0.4 is 15.5 Å². The van der Waals surface area contributed by atoms with Crippen molar-refractivity contribution in [2.75, 3.05) is 37.6 Å². The monoisotopic (exact) mass is 316 g/mol. The summed E-state index contributed by atoms with van der Waals surface area (Å²) in [7, 11) is 0. The third kappa shape index (κ3) is 4.61. The van der Waals surface area contributed by atoms with Gasteiger partial charge in [-0.05, 0) is 25.0 Å². The van der Waals surface area contributed by atoms with Gasteiger partial charge in [-0.25, -0.2) is 4.79 Å². The summed E-state index contributed by atoms with van der Waals surface area (Å²) in [6.07, 6.45) is 2.50. The minimum atomic E-state index is -0.158. The number of nitrogens with zero attached hydrogens (tertiary/aromatic N) is 2. The van der Waals surface area contributed by atoms with Crippen LogP contribution in [0.3, 0.4) is 0 Å². The lowest BCUT2D eigenvalue weighted by atomic mass is 10.2. The Morgan fingerprint density at radius 1 is 1.04 bits per heavy atom. The molecule has 0 spiro atoms. The van der Waals surface area contributed by atoms with Gasteiger partial charge < -0.3 is 20.4 Å². The minimum absolute atomic E-state index is 0.115. The molecule has 0 unspecified atom stereocenters. The zero-order chi connectivity index (χ0) is 16.1. The van der Waals surface area contributed by atoms with Crippen LogP contribution in [-0.4, -0.2) is 55.6 Å². The van der Waals surface area contributed by atoms with Crippen LogP contribution in [0.5, 0.6) is 0 Å². The molecule has 1 heterocycles. The highest BCUT2D eigenvalue weighted by Crippen LogP contribution is 2.18. The molecule has 1 saturated carbocycles. The van der Waals surface area contributed by atoms with E-state index in [9.17, 15) is 9.59 Å². The molecule has 124 valence electrons. The fourth-order valence-corrected chi connectivity index (χ4v) is 2.76. The molecule has 3 rings (SSSR count). The van der Waals surface area contributed by atoms with Crippen molar-refractivity contribution in [2.24, 2.45) is 0 Å². The Kier molecular flexibility index (Phi) is 5.00. The Morgan fingerprint density at radius 2 is 1.74 bits per heavy atom. The number of anilines is 1. The van der Waals surface area contributed by atoms with Crippen molar-refractivity contribution in [2.45, 2.75) is 25.3 Å². The minimum Gasteiger partial charge on any atom is -0.368 e. The standard InChI is InChI=1S/C17H24N4O2/c22-16(8-9-18-17(23)19-14-6-7-14)21-12-10-20(11-13-21)15-4-2-1-3-5-15/h1-5,14H,6-13H2,(H2,18,19,23).